The Labute approximate surface area is 137 Å². The quantitative estimate of drug-likeness (QED) is 0.839. The topological polar surface area (TPSA) is 55.5 Å². The number of para-hydroxylation sites is 1. The minimum atomic E-state index is -0.752. The van der Waals surface area contributed by atoms with Crippen LogP contribution in [0.4, 0.5) is 0 Å². The predicted molar refractivity (Wildman–Crippen MR) is 88.9 cm³/mol. The standard InChI is InChI=1S/C16H17BrClNO2/c1-21-15-5-3-2-4-11(15)13(9-19)16(20)12-7-6-10(18)8-14(12)17/h2-8,13,16,20H,9,19H2,1H3. The first-order chi connectivity index (χ1) is 10.1. The van der Waals surface area contributed by atoms with E-state index in [4.69, 9.17) is 22.1 Å². The highest BCUT2D eigenvalue weighted by atomic mass is 79.9. The van der Waals surface area contributed by atoms with Crippen molar-refractivity contribution in [1.82, 2.24) is 0 Å². The predicted octanol–water partition coefficient (Wildman–Crippen LogP) is 3.89. The number of rotatable bonds is 5. The van der Waals surface area contributed by atoms with Gasteiger partial charge in [-0.15, -0.1) is 0 Å². The maximum atomic E-state index is 10.7. The van der Waals surface area contributed by atoms with Crippen molar-refractivity contribution in [3.05, 3.63) is 63.1 Å². The average Bonchev–Trinajstić information content (AvgIpc) is 2.48. The molecule has 21 heavy (non-hydrogen) atoms. The summed E-state index contributed by atoms with van der Waals surface area (Å²) < 4.78 is 6.12. The maximum Gasteiger partial charge on any atom is 0.122 e. The fourth-order valence-electron chi connectivity index (χ4n) is 2.36. The highest BCUT2D eigenvalue weighted by molar-refractivity contribution is 9.10. The largest absolute Gasteiger partial charge is 0.496 e. The van der Waals surface area contributed by atoms with E-state index >= 15 is 0 Å². The van der Waals surface area contributed by atoms with Crippen molar-refractivity contribution in [2.45, 2.75) is 12.0 Å². The first-order valence-corrected chi connectivity index (χ1v) is 7.71. The van der Waals surface area contributed by atoms with Crippen LogP contribution >= 0.6 is 27.5 Å². The molecule has 0 saturated carbocycles. The highest BCUT2D eigenvalue weighted by Crippen LogP contribution is 2.38. The van der Waals surface area contributed by atoms with E-state index in [1.54, 1.807) is 25.3 Å². The van der Waals surface area contributed by atoms with E-state index < -0.39 is 6.10 Å². The summed E-state index contributed by atoms with van der Waals surface area (Å²) >= 11 is 9.38. The molecule has 112 valence electrons. The van der Waals surface area contributed by atoms with Crippen LogP contribution in [0.1, 0.15) is 23.1 Å². The van der Waals surface area contributed by atoms with E-state index in [9.17, 15) is 5.11 Å². The molecule has 5 heteroatoms. The van der Waals surface area contributed by atoms with Gasteiger partial charge >= 0.3 is 0 Å². The van der Waals surface area contributed by atoms with Gasteiger partial charge in [-0.2, -0.15) is 0 Å². The number of nitrogens with two attached hydrogens (primary N) is 1. The van der Waals surface area contributed by atoms with Gasteiger partial charge < -0.3 is 15.6 Å². The number of ether oxygens (including phenoxy) is 1. The SMILES string of the molecule is COc1ccccc1C(CN)C(O)c1ccc(Cl)cc1Br. The van der Waals surface area contributed by atoms with Crippen LogP contribution in [0.2, 0.25) is 5.02 Å². The first kappa shape index (κ1) is 16.3. The van der Waals surface area contributed by atoms with Crippen LogP contribution in [-0.4, -0.2) is 18.8 Å². The van der Waals surface area contributed by atoms with Crippen LogP contribution in [0.3, 0.4) is 0 Å². The molecular weight excluding hydrogens is 354 g/mol. The van der Waals surface area contributed by atoms with Gasteiger partial charge in [-0.25, -0.2) is 0 Å². The smallest absolute Gasteiger partial charge is 0.122 e. The molecule has 0 aliphatic heterocycles. The monoisotopic (exact) mass is 369 g/mol. The number of benzene rings is 2. The fourth-order valence-corrected chi connectivity index (χ4v) is 3.27. The zero-order chi connectivity index (χ0) is 15.4. The first-order valence-electron chi connectivity index (χ1n) is 6.54. The van der Waals surface area contributed by atoms with E-state index in [1.807, 2.05) is 24.3 Å². The molecule has 0 heterocycles. The Kier molecular flexibility index (Phi) is 5.65. The van der Waals surface area contributed by atoms with Crippen LogP contribution in [-0.2, 0) is 0 Å². The summed E-state index contributed by atoms with van der Waals surface area (Å²) in [5.41, 5.74) is 7.53. The molecule has 0 amide bonds. The number of aliphatic hydroxyl groups excluding tert-OH is 1. The second-order valence-electron chi connectivity index (χ2n) is 4.69. The molecule has 0 bridgehead atoms. The van der Waals surface area contributed by atoms with Crippen LogP contribution < -0.4 is 10.5 Å². The molecule has 0 aromatic heterocycles. The summed E-state index contributed by atoms with van der Waals surface area (Å²) in [5.74, 6) is 0.454. The number of hydrogen-bond acceptors (Lipinski definition) is 3. The minimum Gasteiger partial charge on any atom is -0.496 e. The molecule has 3 nitrogen and oxygen atoms in total. The van der Waals surface area contributed by atoms with Gasteiger partial charge in [0.1, 0.15) is 5.75 Å². The Hall–Kier alpha value is -1.07. The van der Waals surface area contributed by atoms with Crippen LogP contribution in [0.5, 0.6) is 5.75 Å². The molecule has 2 aromatic carbocycles. The number of halogens is 2. The Morgan fingerprint density at radius 2 is 1.95 bits per heavy atom. The summed E-state index contributed by atoms with van der Waals surface area (Å²) in [5, 5.41) is 11.3. The normalized spacial score (nSPS) is 13.8. The fraction of sp³-hybridized carbons (Fsp3) is 0.250. The maximum absolute atomic E-state index is 10.7. The molecule has 2 rings (SSSR count). The molecule has 0 spiro atoms. The molecule has 2 atom stereocenters. The zero-order valence-corrected chi connectivity index (χ0v) is 13.9. The van der Waals surface area contributed by atoms with Crippen molar-refractivity contribution in [2.75, 3.05) is 13.7 Å². The van der Waals surface area contributed by atoms with Crippen molar-refractivity contribution < 1.29 is 9.84 Å². The molecule has 3 N–H and O–H groups in total. The van der Waals surface area contributed by atoms with Gasteiger partial charge in [-0.3, -0.25) is 0 Å². The summed E-state index contributed by atoms with van der Waals surface area (Å²) in [4.78, 5) is 0. The molecule has 0 radical (unpaired) electrons. The lowest BCUT2D eigenvalue weighted by Gasteiger charge is -2.24. The van der Waals surface area contributed by atoms with E-state index in [-0.39, 0.29) is 5.92 Å². The van der Waals surface area contributed by atoms with Crippen molar-refractivity contribution in [2.24, 2.45) is 5.73 Å². The molecule has 2 unspecified atom stereocenters. The van der Waals surface area contributed by atoms with Crippen molar-refractivity contribution in [3.63, 3.8) is 0 Å². The van der Waals surface area contributed by atoms with Crippen molar-refractivity contribution >= 4 is 27.5 Å². The van der Waals surface area contributed by atoms with Gasteiger partial charge in [-0.05, 0) is 23.8 Å². The van der Waals surface area contributed by atoms with Crippen LogP contribution in [0, 0.1) is 0 Å². The second kappa shape index (κ2) is 7.27. The number of hydrogen-bond donors (Lipinski definition) is 2. The molecule has 0 aliphatic carbocycles. The van der Waals surface area contributed by atoms with Gasteiger partial charge in [0.15, 0.2) is 0 Å². The van der Waals surface area contributed by atoms with Gasteiger partial charge in [-0.1, -0.05) is 51.8 Å². The Morgan fingerprint density at radius 3 is 2.57 bits per heavy atom. The Balaban J connectivity index is 2.40. The number of methoxy groups -OCH3 is 1. The molecular formula is C16H17BrClNO2. The van der Waals surface area contributed by atoms with Crippen LogP contribution in [0.25, 0.3) is 0 Å². The zero-order valence-electron chi connectivity index (χ0n) is 11.6. The molecule has 0 aliphatic rings. The third-order valence-electron chi connectivity index (χ3n) is 3.45. The second-order valence-corrected chi connectivity index (χ2v) is 5.99. The van der Waals surface area contributed by atoms with E-state index in [0.29, 0.717) is 11.6 Å². The summed E-state index contributed by atoms with van der Waals surface area (Å²) in [6.45, 7) is 0.302. The van der Waals surface area contributed by atoms with E-state index in [0.717, 1.165) is 21.3 Å². The number of aliphatic hydroxyl groups is 1. The Bertz CT molecular complexity index is 621. The van der Waals surface area contributed by atoms with E-state index in [1.165, 1.54) is 0 Å². The lowest BCUT2D eigenvalue weighted by Crippen LogP contribution is -2.21. The van der Waals surface area contributed by atoms with Gasteiger partial charge in [0, 0.05) is 27.5 Å². The van der Waals surface area contributed by atoms with Gasteiger partial charge in [0.2, 0.25) is 0 Å². The van der Waals surface area contributed by atoms with E-state index in [2.05, 4.69) is 15.9 Å². The molecule has 2 aromatic rings. The summed E-state index contributed by atoms with van der Waals surface area (Å²) in [6.07, 6.45) is -0.752. The third-order valence-corrected chi connectivity index (χ3v) is 4.38. The van der Waals surface area contributed by atoms with Crippen molar-refractivity contribution in [1.29, 1.82) is 0 Å². The summed E-state index contributed by atoms with van der Waals surface area (Å²) in [7, 11) is 1.61. The lowest BCUT2D eigenvalue weighted by molar-refractivity contribution is 0.145. The van der Waals surface area contributed by atoms with Crippen LogP contribution in [0.15, 0.2) is 46.9 Å². The highest BCUT2D eigenvalue weighted by Gasteiger charge is 2.25. The van der Waals surface area contributed by atoms with Gasteiger partial charge in [0.25, 0.3) is 0 Å². The Morgan fingerprint density at radius 1 is 1.24 bits per heavy atom. The van der Waals surface area contributed by atoms with Gasteiger partial charge in [0.05, 0.1) is 13.2 Å². The average molecular weight is 371 g/mol. The molecule has 0 fully saturated rings. The summed E-state index contributed by atoms with van der Waals surface area (Å²) in [6, 6.07) is 12.9. The minimum absolute atomic E-state index is 0.265. The lowest BCUT2D eigenvalue weighted by atomic mass is 9.88. The third kappa shape index (κ3) is 3.58. The van der Waals surface area contributed by atoms with Crippen molar-refractivity contribution in [3.8, 4) is 5.75 Å². The molecule has 0 saturated heterocycles.